The van der Waals surface area contributed by atoms with Crippen molar-refractivity contribution in [2.45, 2.75) is 56.7 Å². The van der Waals surface area contributed by atoms with Gasteiger partial charge in [0.1, 0.15) is 17.1 Å². The second-order valence-corrected chi connectivity index (χ2v) is 7.45. The predicted octanol–water partition coefficient (Wildman–Crippen LogP) is 5.18. The smallest absolute Gasteiger partial charge is 0.124 e. The van der Waals surface area contributed by atoms with Gasteiger partial charge in [-0.1, -0.05) is 30.3 Å². The van der Waals surface area contributed by atoms with E-state index in [-0.39, 0.29) is 11.6 Å². The minimum absolute atomic E-state index is 0.0334. The minimum Gasteiger partial charge on any atom is -0.497 e. The summed E-state index contributed by atoms with van der Waals surface area (Å²) in [6.07, 6.45) is 5.98. The summed E-state index contributed by atoms with van der Waals surface area (Å²) in [4.78, 5) is 0. The minimum atomic E-state index is 0.0334. The molecule has 3 heteroatoms. The van der Waals surface area contributed by atoms with Gasteiger partial charge in [-0.05, 0) is 56.4 Å². The van der Waals surface area contributed by atoms with Crippen LogP contribution in [0.3, 0.4) is 0 Å². The Hall–Kier alpha value is -2.00. The Balaban J connectivity index is 1.57. The SMILES string of the molecule is COc1ccc(C(C)NC2CC3(CCCC3)Oc3ccccc32)cc1. The maximum atomic E-state index is 6.47. The predicted molar refractivity (Wildman–Crippen MR) is 100 cm³/mol. The first-order valence-corrected chi connectivity index (χ1v) is 9.37. The molecule has 1 aliphatic carbocycles. The van der Waals surface area contributed by atoms with Crippen molar-refractivity contribution >= 4 is 0 Å². The maximum absolute atomic E-state index is 6.47. The van der Waals surface area contributed by atoms with Crippen molar-refractivity contribution in [1.29, 1.82) is 0 Å². The molecule has 25 heavy (non-hydrogen) atoms. The summed E-state index contributed by atoms with van der Waals surface area (Å²) < 4.78 is 11.7. The fourth-order valence-corrected chi connectivity index (χ4v) is 4.38. The van der Waals surface area contributed by atoms with Crippen LogP contribution in [0.25, 0.3) is 0 Å². The van der Waals surface area contributed by atoms with Crippen molar-refractivity contribution in [3.8, 4) is 11.5 Å². The fourth-order valence-electron chi connectivity index (χ4n) is 4.38. The lowest BCUT2D eigenvalue weighted by Crippen LogP contribution is -2.42. The zero-order valence-corrected chi connectivity index (χ0v) is 15.1. The second-order valence-electron chi connectivity index (χ2n) is 7.45. The fraction of sp³-hybridized carbons (Fsp3) is 0.455. The number of hydrogen-bond donors (Lipinski definition) is 1. The van der Waals surface area contributed by atoms with Gasteiger partial charge >= 0.3 is 0 Å². The van der Waals surface area contributed by atoms with Crippen molar-refractivity contribution in [2.75, 3.05) is 7.11 Å². The number of benzene rings is 2. The molecule has 0 aromatic heterocycles. The van der Waals surface area contributed by atoms with Gasteiger partial charge in [-0.15, -0.1) is 0 Å². The van der Waals surface area contributed by atoms with Crippen LogP contribution < -0.4 is 14.8 Å². The van der Waals surface area contributed by atoms with Crippen LogP contribution in [0.15, 0.2) is 48.5 Å². The molecule has 3 nitrogen and oxygen atoms in total. The molecule has 1 saturated carbocycles. The Bertz CT molecular complexity index is 719. The Morgan fingerprint density at radius 3 is 2.52 bits per heavy atom. The van der Waals surface area contributed by atoms with Gasteiger partial charge in [0, 0.05) is 24.1 Å². The summed E-state index contributed by atoms with van der Waals surface area (Å²) >= 11 is 0. The van der Waals surface area contributed by atoms with Crippen molar-refractivity contribution < 1.29 is 9.47 Å². The highest BCUT2D eigenvalue weighted by atomic mass is 16.5. The molecule has 1 spiro atoms. The average molecular weight is 337 g/mol. The molecule has 2 atom stereocenters. The summed E-state index contributed by atoms with van der Waals surface area (Å²) in [5.74, 6) is 1.97. The lowest BCUT2D eigenvalue weighted by atomic mass is 9.85. The van der Waals surface area contributed by atoms with Crippen LogP contribution in [-0.2, 0) is 0 Å². The highest BCUT2D eigenvalue weighted by molar-refractivity contribution is 5.39. The molecule has 1 aliphatic heterocycles. The normalized spacial score (nSPS) is 22.2. The Labute approximate surface area is 150 Å². The van der Waals surface area contributed by atoms with Gasteiger partial charge in [-0.25, -0.2) is 0 Å². The summed E-state index contributed by atoms with van der Waals surface area (Å²) in [5, 5.41) is 3.86. The van der Waals surface area contributed by atoms with Crippen molar-refractivity contribution in [3.05, 3.63) is 59.7 Å². The molecule has 0 bridgehead atoms. The van der Waals surface area contributed by atoms with Crippen molar-refractivity contribution in [1.82, 2.24) is 5.32 Å². The Morgan fingerprint density at radius 2 is 1.80 bits per heavy atom. The number of ether oxygens (including phenoxy) is 2. The van der Waals surface area contributed by atoms with Gasteiger partial charge in [-0.2, -0.15) is 0 Å². The molecule has 2 aromatic carbocycles. The number of hydrogen-bond acceptors (Lipinski definition) is 3. The van der Waals surface area contributed by atoms with Crippen LogP contribution in [0.2, 0.25) is 0 Å². The molecule has 4 rings (SSSR count). The van der Waals surface area contributed by atoms with Gasteiger partial charge < -0.3 is 14.8 Å². The van der Waals surface area contributed by atoms with E-state index in [1.807, 2.05) is 12.1 Å². The summed E-state index contributed by atoms with van der Waals surface area (Å²) in [7, 11) is 1.71. The van der Waals surface area contributed by atoms with E-state index in [1.165, 1.54) is 36.8 Å². The van der Waals surface area contributed by atoms with E-state index < -0.39 is 0 Å². The van der Waals surface area contributed by atoms with E-state index >= 15 is 0 Å². The van der Waals surface area contributed by atoms with Crippen molar-refractivity contribution in [3.63, 3.8) is 0 Å². The van der Waals surface area contributed by atoms with Crippen LogP contribution in [0.1, 0.15) is 62.2 Å². The molecular formula is C22H27NO2. The van der Waals surface area contributed by atoms with E-state index in [4.69, 9.17) is 9.47 Å². The zero-order chi connectivity index (χ0) is 17.3. The number of para-hydroxylation sites is 1. The van der Waals surface area contributed by atoms with Crippen LogP contribution in [-0.4, -0.2) is 12.7 Å². The Morgan fingerprint density at radius 1 is 1.08 bits per heavy atom. The molecule has 1 N–H and O–H groups in total. The van der Waals surface area contributed by atoms with E-state index in [0.29, 0.717) is 6.04 Å². The van der Waals surface area contributed by atoms with Crippen LogP contribution >= 0.6 is 0 Å². The van der Waals surface area contributed by atoms with Crippen LogP contribution in [0.5, 0.6) is 11.5 Å². The van der Waals surface area contributed by atoms with Crippen LogP contribution in [0.4, 0.5) is 0 Å². The second kappa shape index (κ2) is 6.72. The standard InChI is InChI=1S/C22H27NO2/c1-16(17-9-11-18(24-2)12-10-17)23-20-15-22(13-5-6-14-22)25-21-8-4-3-7-19(20)21/h3-4,7-12,16,20,23H,5-6,13-15H2,1-2H3. The highest BCUT2D eigenvalue weighted by Gasteiger charge is 2.43. The van der Waals surface area contributed by atoms with Crippen LogP contribution in [0, 0.1) is 0 Å². The molecule has 1 fully saturated rings. The van der Waals surface area contributed by atoms with Gasteiger partial charge in [0.2, 0.25) is 0 Å². The van der Waals surface area contributed by atoms with Gasteiger partial charge in [0.25, 0.3) is 0 Å². The lowest BCUT2D eigenvalue weighted by Gasteiger charge is -2.41. The van der Waals surface area contributed by atoms with E-state index in [9.17, 15) is 0 Å². The number of methoxy groups -OCH3 is 1. The molecule has 1 heterocycles. The van der Waals surface area contributed by atoms with Crippen molar-refractivity contribution in [2.24, 2.45) is 0 Å². The van der Waals surface area contributed by atoms with Gasteiger partial charge in [-0.3, -0.25) is 0 Å². The lowest BCUT2D eigenvalue weighted by molar-refractivity contribution is 0.0351. The number of fused-ring (bicyclic) bond motifs is 1. The molecule has 0 amide bonds. The summed E-state index contributed by atoms with van der Waals surface area (Å²) in [6, 6.07) is 17.5. The molecule has 0 saturated heterocycles. The Kier molecular flexibility index (Phi) is 4.43. The van der Waals surface area contributed by atoms with Gasteiger partial charge in [0.05, 0.1) is 7.11 Å². The first-order chi connectivity index (χ1) is 12.2. The number of nitrogens with one attached hydrogen (secondary N) is 1. The first-order valence-electron chi connectivity index (χ1n) is 9.37. The zero-order valence-electron chi connectivity index (χ0n) is 15.1. The summed E-state index contributed by atoms with van der Waals surface area (Å²) in [6.45, 7) is 2.24. The highest BCUT2D eigenvalue weighted by Crippen LogP contribution is 2.47. The molecule has 2 aromatic rings. The first kappa shape index (κ1) is 16.5. The molecule has 2 aliphatic rings. The van der Waals surface area contributed by atoms with E-state index in [0.717, 1.165) is 17.9 Å². The molecule has 2 unspecified atom stereocenters. The van der Waals surface area contributed by atoms with E-state index in [2.05, 4.69) is 48.6 Å². The maximum Gasteiger partial charge on any atom is 0.124 e. The topological polar surface area (TPSA) is 30.5 Å². The average Bonchev–Trinajstić information content (AvgIpc) is 3.09. The molecular weight excluding hydrogens is 310 g/mol. The third-order valence-electron chi connectivity index (χ3n) is 5.78. The monoisotopic (exact) mass is 337 g/mol. The van der Waals surface area contributed by atoms with Gasteiger partial charge in [0.15, 0.2) is 0 Å². The third-order valence-corrected chi connectivity index (χ3v) is 5.78. The molecule has 132 valence electrons. The largest absolute Gasteiger partial charge is 0.497 e. The summed E-state index contributed by atoms with van der Waals surface area (Å²) in [5.41, 5.74) is 2.61. The molecule has 0 radical (unpaired) electrons. The number of rotatable bonds is 4. The third kappa shape index (κ3) is 3.25. The quantitative estimate of drug-likeness (QED) is 0.833. The van der Waals surface area contributed by atoms with E-state index in [1.54, 1.807) is 7.11 Å².